The minimum Gasteiger partial charge on any atom is -0.397 e. The summed E-state index contributed by atoms with van der Waals surface area (Å²) < 4.78 is 0. The Morgan fingerprint density at radius 2 is 1.18 bits per heavy atom. The molecule has 2 radical (unpaired) electrons. The van der Waals surface area contributed by atoms with Crippen molar-refractivity contribution in [3.63, 3.8) is 0 Å². The molecule has 0 aromatic carbocycles. The second-order valence-electron chi connectivity index (χ2n) is 2.26. The molecule has 0 spiro atoms. The van der Waals surface area contributed by atoms with Crippen molar-refractivity contribution in [1.82, 2.24) is 0 Å². The summed E-state index contributed by atoms with van der Waals surface area (Å²) in [6, 6.07) is 0. The second kappa shape index (κ2) is 22.4. The van der Waals surface area contributed by atoms with Gasteiger partial charge in [0, 0.05) is 13.2 Å². The van der Waals surface area contributed by atoms with E-state index in [9.17, 15) is 0 Å². The van der Waals surface area contributed by atoms with Crippen molar-refractivity contribution >= 4 is 16.3 Å². The zero-order valence-corrected chi connectivity index (χ0v) is 9.33. The normalized spacial score (nSPS) is 7.55. The van der Waals surface area contributed by atoms with Crippen molar-refractivity contribution in [2.45, 2.75) is 33.0 Å². The fourth-order valence-electron chi connectivity index (χ4n) is 0. The van der Waals surface area contributed by atoms with Crippen LogP contribution in [-0.2, 0) is 0 Å². The molecule has 0 amide bonds. The van der Waals surface area contributed by atoms with Crippen molar-refractivity contribution in [2.24, 2.45) is 5.92 Å². The molecule has 0 heterocycles. The molecule has 0 unspecified atom stereocenters. The Hall–Kier alpha value is 0.452. The Kier molecular flexibility index (Phi) is 35.7. The SMILES string of the molecule is CC(C)[CH2][Al].CCO.CCO. The highest BCUT2D eigenvalue weighted by atomic mass is 27.0. The van der Waals surface area contributed by atoms with Crippen LogP contribution in [0.1, 0.15) is 27.7 Å². The summed E-state index contributed by atoms with van der Waals surface area (Å²) in [5.74, 6) is 0.847. The van der Waals surface area contributed by atoms with Gasteiger partial charge in [-0.1, -0.05) is 19.8 Å². The van der Waals surface area contributed by atoms with Crippen LogP contribution >= 0.6 is 0 Å². The molecular formula is C8H21AlO2. The summed E-state index contributed by atoms with van der Waals surface area (Å²) in [5, 5.41) is 16.4. The average Bonchev–Trinajstić information content (AvgIpc) is 1.91. The number of aliphatic hydroxyl groups excluding tert-OH is 2. The van der Waals surface area contributed by atoms with E-state index in [1.54, 1.807) is 13.8 Å². The zero-order chi connectivity index (χ0) is 9.70. The molecule has 11 heavy (non-hydrogen) atoms. The average molecular weight is 176 g/mol. The van der Waals surface area contributed by atoms with Crippen molar-refractivity contribution in [2.75, 3.05) is 13.2 Å². The molecule has 0 rings (SSSR count). The molecule has 3 heteroatoms. The number of aliphatic hydroxyl groups is 2. The molecule has 0 atom stereocenters. The molecular weight excluding hydrogens is 155 g/mol. The van der Waals surface area contributed by atoms with E-state index in [0.29, 0.717) is 0 Å². The first-order valence-electron chi connectivity index (χ1n) is 4.02. The smallest absolute Gasteiger partial charge is 0.118 e. The van der Waals surface area contributed by atoms with Gasteiger partial charge in [0.1, 0.15) is 16.3 Å². The Balaban J connectivity index is -0.0000000933. The van der Waals surface area contributed by atoms with Gasteiger partial charge in [0.2, 0.25) is 0 Å². The molecule has 0 bridgehead atoms. The first-order chi connectivity index (χ1) is 5.10. The third kappa shape index (κ3) is 124. The number of rotatable bonds is 1. The standard InChI is InChI=1S/C4H9.2C2H6O.Al/c1-4(2)3;2*1-2-3;/h4H,1H2,2-3H3;2*3H,2H2,1H3;. The largest absolute Gasteiger partial charge is 0.397 e. The van der Waals surface area contributed by atoms with E-state index in [2.05, 4.69) is 30.1 Å². The van der Waals surface area contributed by atoms with Gasteiger partial charge in [0.15, 0.2) is 0 Å². The van der Waals surface area contributed by atoms with E-state index in [1.165, 1.54) is 5.28 Å². The summed E-state index contributed by atoms with van der Waals surface area (Å²) in [5.41, 5.74) is 0. The maximum Gasteiger partial charge on any atom is 0.118 e. The molecule has 0 aliphatic carbocycles. The second-order valence-corrected chi connectivity index (χ2v) is 2.73. The Morgan fingerprint density at radius 1 is 1.09 bits per heavy atom. The highest BCUT2D eigenvalue weighted by molar-refractivity contribution is 6.08. The van der Waals surface area contributed by atoms with Gasteiger partial charge in [-0.05, 0) is 13.8 Å². The summed E-state index contributed by atoms with van der Waals surface area (Å²) in [6.07, 6.45) is 0. The summed E-state index contributed by atoms with van der Waals surface area (Å²) in [4.78, 5) is 0. The van der Waals surface area contributed by atoms with Gasteiger partial charge in [-0.15, -0.1) is 5.28 Å². The first-order valence-corrected chi connectivity index (χ1v) is 4.83. The molecule has 0 aromatic rings. The molecule has 0 aliphatic rings. The maximum atomic E-state index is 7.57. The molecule has 2 nitrogen and oxygen atoms in total. The minimum absolute atomic E-state index is 0.250. The van der Waals surface area contributed by atoms with Gasteiger partial charge >= 0.3 is 0 Å². The third-order valence-corrected chi connectivity index (χ3v) is 1.41. The van der Waals surface area contributed by atoms with Crippen molar-refractivity contribution < 1.29 is 10.2 Å². The Bertz CT molecular complexity index is 39.1. The fourth-order valence-corrected chi connectivity index (χ4v) is 0. The van der Waals surface area contributed by atoms with Crippen LogP contribution in [0, 0.1) is 5.92 Å². The van der Waals surface area contributed by atoms with Crippen LogP contribution in [0.4, 0.5) is 0 Å². The molecule has 68 valence electrons. The molecule has 0 saturated carbocycles. The van der Waals surface area contributed by atoms with Crippen LogP contribution in [0.3, 0.4) is 0 Å². The lowest BCUT2D eigenvalue weighted by Crippen LogP contribution is -1.80. The summed E-state index contributed by atoms with van der Waals surface area (Å²) in [7, 11) is 0. The number of hydrogen-bond donors (Lipinski definition) is 2. The van der Waals surface area contributed by atoms with Gasteiger partial charge in [0.05, 0.1) is 0 Å². The van der Waals surface area contributed by atoms with Crippen LogP contribution in [0.15, 0.2) is 0 Å². The quantitative estimate of drug-likeness (QED) is 0.590. The Morgan fingerprint density at radius 3 is 1.18 bits per heavy atom. The molecule has 0 saturated heterocycles. The molecule has 0 aliphatic heterocycles. The first kappa shape index (κ1) is 17.5. The van der Waals surface area contributed by atoms with Gasteiger partial charge in [-0.3, -0.25) is 0 Å². The zero-order valence-electron chi connectivity index (χ0n) is 8.17. The number of hydrogen-bond acceptors (Lipinski definition) is 2. The molecule has 0 aromatic heterocycles. The highest BCUT2D eigenvalue weighted by Gasteiger charge is 1.79. The monoisotopic (exact) mass is 176 g/mol. The lowest BCUT2D eigenvalue weighted by molar-refractivity contribution is 0.318. The minimum atomic E-state index is 0.250. The van der Waals surface area contributed by atoms with Gasteiger partial charge in [-0.2, -0.15) is 0 Å². The van der Waals surface area contributed by atoms with Gasteiger partial charge in [0.25, 0.3) is 0 Å². The van der Waals surface area contributed by atoms with E-state index in [0.717, 1.165) is 5.92 Å². The molecule has 2 N–H and O–H groups in total. The van der Waals surface area contributed by atoms with Gasteiger partial charge in [-0.25, -0.2) is 0 Å². The summed E-state index contributed by atoms with van der Waals surface area (Å²) in [6.45, 7) is 8.26. The Labute approximate surface area is 79.1 Å². The summed E-state index contributed by atoms with van der Waals surface area (Å²) >= 11 is 2.69. The van der Waals surface area contributed by atoms with Crippen molar-refractivity contribution in [1.29, 1.82) is 0 Å². The van der Waals surface area contributed by atoms with Crippen LogP contribution in [0.25, 0.3) is 0 Å². The lowest BCUT2D eigenvalue weighted by atomic mass is 10.3. The lowest BCUT2D eigenvalue weighted by Gasteiger charge is -1.91. The van der Waals surface area contributed by atoms with Gasteiger partial charge < -0.3 is 10.2 Å². The highest BCUT2D eigenvalue weighted by Crippen LogP contribution is 1.92. The topological polar surface area (TPSA) is 40.5 Å². The van der Waals surface area contributed by atoms with E-state index >= 15 is 0 Å². The van der Waals surface area contributed by atoms with Crippen LogP contribution in [0.2, 0.25) is 5.28 Å². The predicted octanol–water partition coefficient (Wildman–Crippen LogP) is 1.23. The van der Waals surface area contributed by atoms with E-state index in [-0.39, 0.29) is 13.2 Å². The van der Waals surface area contributed by atoms with Crippen LogP contribution in [0.5, 0.6) is 0 Å². The fraction of sp³-hybridized carbons (Fsp3) is 1.00. The van der Waals surface area contributed by atoms with Crippen molar-refractivity contribution in [3.05, 3.63) is 0 Å². The van der Waals surface area contributed by atoms with E-state index in [1.807, 2.05) is 0 Å². The van der Waals surface area contributed by atoms with Crippen molar-refractivity contribution in [3.8, 4) is 0 Å². The third-order valence-electron chi connectivity index (χ3n) is 0.471. The van der Waals surface area contributed by atoms with E-state index < -0.39 is 0 Å². The van der Waals surface area contributed by atoms with Crippen LogP contribution in [-0.4, -0.2) is 39.7 Å². The van der Waals surface area contributed by atoms with Crippen LogP contribution < -0.4 is 0 Å². The maximum absolute atomic E-state index is 7.57. The van der Waals surface area contributed by atoms with E-state index in [4.69, 9.17) is 10.2 Å². The molecule has 0 fully saturated rings. The predicted molar refractivity (Wildman–Crippen MR) is 50.9 cm³/mol.